The Bertz CT molecular complexity index is 896. The van der Waals surface area contributed by atoms with Crippen LogP contribution >= 0.6 is 0 Å². The van der Waals surface area contributed by atoms with E-state index in [4.69, 9.17) is 4.74 Å². The molecule has 27 heavy (non-hydrogen) atoms. The molecule has 0 fully saturated rings. The summed E-state index contributed by atoms with van der Waals surface area (Å²) in [5.74, 6) is 0.470. The third kappa shape index (κ3) is 4.34. The Morgan fingerprint density at radius 2 is 1.93 bits per heavy atom. The van der Waals surface area contributed by atoms with Gasteiger partial charge >= 0.3 is 0 Å². The maximum absolute atomic E-state index is 13.7. The molecule has 0 aliphatic carbocycles. The zero-order valence-corrected chi connectivity index (χ0v) is 15.4. The highest BCUT2D eigenvalue weighted by Gasteiger charge is 2.27. The van der Waals surface area contributed by atoms with Crippen LogP contribution in [0, 0.1) is 12.7 Å². The van der Waals surface area contributed by atoms with Crippen LogP contribution in [-0.2, 0) is 19.5 Å². The summed E-state index contributed by atoms with van der Waals surface area (Å²) in [5, 5.41) is 0. The third-order valence-corrected chi connectivity index (χ3v) is 5.05. The lowest BCUT2D eigenvalue weighted by Crippen LogP contribution is -2.43. The molecule has 4 heteroatoms. The van der Waals surface area contributed by atoms with E-state index in [-0.39, 0.29) is 11.9 Å². The van der Waals surface area contributed by atoms with E-state index in [1.807, 2.05) is 37.4 Å². The summed E-state index contributed by atoms with van der Waals surface area (Å²) in [4.78, 5) is 6.70. The van der Waals surface area contributed by atoms with Gasteiger partial charge in [0.05, 0.1) is 0 Å². The van der Waals surface area contributed by atoms with Gasteiger partial charge < -0.3 is 4.74 Å². The number of aryl methyl sites for hydroxylation is 1. The van der Waals surface area contributed by atoms with Crippen LogP contribution in [0.15, 0.2) is 66.9 Å². The fourth-order valence-corrected chi connectivity index (χ4v) is 3.56. The lowest BCUT2D eigenvalue weighted by atomic mass is 9.93. The van der Waals surface area contributed by atoms with Gasteiger partial charge in [-0.05, 0) is 47.7 Å². The Balaban J connectivity index is 1.53. The van der Waals surface area contributed by atoms with Gasteiger partial charge in [-0.25, -0.2) is 9.37 Å². The van der Waals surface area contributed by atoms with E-state index >= 15 is 0 Å². The molecule has 0 saturated carbocycles. The number of hydrogen-bond acceptors (Lipinski definition) is 3. The van der Waals surface area contributed by atoms with Gasteiger partial charge in [0.2, 0.25) is 5.88 Å². The maximum atomic E-state index is 13.7. The van der Waals surface area contributed by atoms with E-state index in [1.54, 1.807) is 12.1 Å². The van der Waals surface area contributed by atoms with E-state index in [0.29, 0.717) is 12.5 Å². The largest absolute Gasteiger partial charge is 0.476 e. The summed E-state index contributed by atoms with van der Waals surface area (Å²) in [6, 6.07) is 19.6. The predicted octanol–water partition coefficient (Wildman–Crippen LogP) is 4.54. The molecule has 3 nitrogen and oxygen atoms in total. The van der Waals surface area contributed by atoms with Crippen molar-refractivity contribution in [3.8, 4) is 5.88 Å². The molecule has 138 valence electrons. The van der Waals surface area contributed by atoms with Crippen molar-refractivity contribution >= 4 is 0 Å². The van der Waals surface area contributed by atoms with Crippen molar-refractivity contribution in [1.29, 1.82) is 0 Å². The molecule has 4 rings (SSSR count). The van der Waals surface area contributed by atoms with Gasteiger partial charge in [-0.2, -0.15) is 0 Å². The van der Waals surface area contributed by atoms with E-state index in [2.05, 4.69) is 34.1 Å². The first kappa shape index (κ1) is 17.7. The monoisotopic (exact) mass is 362 g/mol. The van der Waals surface area contributed by atoms with Crippen molar-refractivity contribution < 1.29 is 9.13 Å². The van der Waals surface area contributed by atoms with Crippen molar-refractivity contribution in [3.63, 3.8) is 0 Å². The lowest BCUT2D eigenvalue weighted by Gasteiger charge is -2.36. The third-order valence-electron chi connectivity index (χ3n) is 5.05. The van der Waals surface area contributed by atoms with Crippen molar-refractivity contribution in [1.82, 2.24) is 9.88 Å². The second kappa shape index (κ2) is 7.89. The molecule has 2 aromatic carbocycles. The highest BCUT2D eigenvalue weighted by Crippen LogP contribution is 2.26. The smallest absolute Gasteiger partial charge is 0.213 e. The average Bonchev–Trinajstić information content (AvgIpc) is 2.68. The first-order chi connectivity index (χ1) is 13.2. The molecule has 0 radical (unpaired) electrons. The summed E-state index contributed by atoms with van der Waals surface area (Å²) in [6.07, 6.45) is 2.66. The number of hydrogen-bond donors (Lipinski definition) is 0. The standard InChI is InChI=1S/C23H23FN2O/c1-17-7-10-23(25-13-17)27-16-22-12-19-8-9-21(24)11-20(19)15-26(22)14-18-5-3-2-4-6-18/h2-11,13,22H,12,14-16H2,1H3/t22-/m0/s1. The Morgan fingerprint density at radius 1 is 1.07 bits per heavy atom. The molecular weight excluding hydrogens is 339 g/mol. The van der Waals surface area contributed by atoms with E-state index in [0.717, 1.165) is 30.6 Å². The lowest BCUT2D eigenvalue weighted by molar-refractivity contribution is 0.107. The Kier molecular flexibility index (Phi) is 5.16. The van der Waals surface area contributed by atoms with Gasteiger partial charge in [-0.15, -0.1) is 0 Å². The molecule has 1 aliphatic rings. The number of pyridine rings is 1. The Hall–Kier alpha value is -2.72. The molecule has 0 spiro atoms. The summed E-state index contributed by atoms with van der Waals surface area (Å²) < 4.78 is 19.7. The molecule has 1 aromatic heterocycles. The minimum absolute atomic E-state index is 0.174. The number of rotatable bonds is 5. The van der Waals surface area contributed by atoms with Crippen LogP contribution in [0.5, 0.6) is 5.88 Å². The number of ether oxygens (including phenoxy) is 1. The molecule has 1 atom stereocenters. The SMILES string of the molecule is Cc1ccc(OC[C@@H]2Cc3ccc(F)cc3CN2Cc2ccccc2)nc1. The fourth-order valence-electron chi connectivity index (χ4n) is 3.56. The van der Waals surface area contributed by atoms with Gasteiger partial charge in [-0.1, -0.05) is 42.5 Å². The van der Waals surface area contributed by atoms with Crippen LogP contribution in [0.25, 0.3) is 0 Å². The number of benzene rings is 2. The van der Waals surface area contributed by atoms with Crippen LogP contribution in [0.1, 0.15) is 22.3 Å². The van der Waals surface area contributed by atoms with Crippen LogP contribution in [0.3, 0.4) is 0 Å². The van der Waals surface area contributed by atoms with Gasteiger partial charge in [0.25, 0.3) is 0 Å². The summed E-state index contributed by atoms with van der Waals surface area (Å²) >= 11 is 0. The minimum atomic E-state index is -0.174. The van der Waals surface area contributed by atoms with Crippen LogP contribution in [0.4, 0.5) is 4.39 Å². The number of fused-ring (bicyclic) bond motifs is 1. The first-order valence-corrected chi connectivity index (χ1v) is 9.28. The zero-order chi connectivity index (χ0) is 18.6. The Morgan fingerprint density at radius 3 is 2.70 bits per heavy atom. The zero-order valence-electron chi connectivity index (χ0n) is 15.4. The van der Waals surface area contributed by atoms with Crippen molar-refractivity contribution in [2.24, 2.45) is 0 Å². The first-order valence-electron chi connectivity index (χ1n) is 9.28. The molecule has 0 unspecified atom stereocenters. The Labute approximate surface area is 159 Å². The average molecular weight is 362 g/mol. The number of halogens is 1. The summed E-state index contributed by atoms with van der Waals surface area (Å²) in [7, 11) is 0. The molecule has 1 aliphatic heterocycles. The normalized spacial score (nSPS) is 16.7. The van der Waals surface area contributed by atoms with Gasteiger partial charge in [0.15, 0.2) is 0 Å². The molecule has 0 amide bonds. The quantitative estimate of drug-likeness (QED) is 0.666. The second-order valence-corrected chi connectivity index (χ2v) is 7.15. The highest BCUT2D eigenvalue weighted by atomic mass is 19.1. The molecule has 2 heterocycles. The summed E-state index contributed by atoms with van der Waals surface area (Å²) in [5.41, 5.74) is 4.62. The van der Waals surface area contributed by atoms with Gasteiger partial charge in [-0.3, -0.25) is 4.90 Å². The topological polar surface area (TPSA) is 25.4 Å². The van der Waals surface area contributed by atoms with Crippen LogP contribution in [-0.4, -0.2) is 22.5 Å². The second-order valence-electron chi connectivity index (χ2n) is 7.15. The maximum Gasteiger partial charge on any atom is 0.213 e. The number of aromatic nitrogens is 1. The van der Waals surface area contributed by atoms with E-state index in [1.165, 1.54) is 11.1 Å². The van der Waals surface area contributed by atoms with Gasteiger partial charge in [0, 0.05) is 31.4 Å². The molecule has 3 aromatic rings. The van der Waals surface area contributed by atoms with Crippen molar-refractivity contribution in [2.75, 3.05) is 6.61 Å². The van der Waals surface area contributed by atoms with Crippen LogP contribution in [0.2, 0.25) is 0 Å². The van der Waals surface area contributed by atoms with E-state index in [9.17, 15) is 4.39 Å². The fraction of sp³-hybridized carbons (Fsp3) is 0.261. The molecule has 0 N–H and O–H groups in total. The van der Waals surface area contributed by atoms with Crippen LogP contribution < -0.4 is 4.74 Å². The van der Waals surface area contributed by atoms with Crippen molar-refractivity contribution in [3.05, 3.63) is 94.9 Å². The summed E-state index contributed by atoms with van der Waals surface area (Å²) in [6.45, 7) is 4.10. The minimum Gasteiger partial charge on any atom is -0.476 e. The number of nitrogens with zero attached hydrogens (tertiary/aromatic N) is 2. The molecular formula is C23H23FN2O. The molecule has 0 bridgehead atoms. The van der Waals surface area contributed by atoms with Gasteiger partial charge in [0.1, 0.15) is 12.4 Å². The highest BCUT2D eigenvalue weighted by molar-refractivity contribution is 5.31. The van der Waals surface area contributed by atoms with Crippen molar-refractivity contribution in [2.45, 2.75) is 32.5 Å². The molecule has 0 saturated heterocycles. The predicted molar refractivity (Wildman–Crippen MR) is 104 cm³/mol. The van der Waals surface area contributed by atoms with E-state index < -0.39 is 0 Å².